The fourth-order valence-electron chi connectivity index (χ4n) is 1.10. The number of carbonyl (C=O) groups is 2. The lowest BCUT2D eigenvalue weighted by Gasteiger charge is -2.27. The van der Waals surface area contributed by atoms with Crippen molar-refractivity contribution in [1.82, 2.24) is 0 Å². The monoisotopic (exact) mass is 230 g/mol. The lowest BCUT2D eigenvalue weighted by Crippen LogP contribution is -2.38. The molecule has 2 unspecified atom stereocenters. The maximum atomic E-state index is 11.2. The average molecular weight is 230 g/mol. The SMILES string of the molecule is C=CC(=O)OCC(=O)OC1COCC(C)O1. The van der Waals surface area contributed by atoms with Crippen LogP contribution in [0.15, 0.2) is 12.7 Å². The third kappa shape index (κ3) is 4.41. The Balaban J connectivity index is 2.22. The summed E-state index contributed by atoms with van der Waals surface area (Å²) >= 11 is 0. The Morgan fingerprint density at radius 1 is 1.50 bits per heavy atom. The molecular formula is C10H14O6. The van der Waals surface area contributed by atoms with Gasteiger partial charge in [-0.3, -0.25) is 0 Å². The van der Waals surface area contributed by atoms with Crippen molar-refractivity contribution in [3.63, 3.8) is 0 Å². The van der Waals surface area contributed by atoms with Crippen molar-refractivity contribution in [3.05, 3.63) is 12.7 Å². The second-order valence-electron chi connectivity index (χ2n) is 3.22. The predicted octanol–water partition coefficient (Wildman–Crippen LogP) is 0.0202. The fourth-order valence-corrected chi connectivity index (χ4v) is 1.10. The lowest BCUT2D eigenvalue weighted by atomic mass is 10.4. The number of rotatable bonds is 4. The van der Waals surface area contributed by atoms with E-state index in [2.05, 4.69) is 11.3 Å². The normalized spacial score (nSPS) is 24.6. The average Bonchev–Trinajstić information content (AvgIpc) is 2.26. The van der Waals surface area contributed by atoms with E-state index in [1.54, 1.807) is 6.92 Å². The maximum Gasteiger partial charge on any atom is 0.346 e. The van der Waals surface area contributed by atoms with E-state index < -0.39 is 24.8 Å². The van der Waals surface area contributed by atoms with Crippen molar-refractivity contribution in [3.8, 4) is 0 Å². The highest BCUT2D eigenvalue weighted by Crippen LogP contribution is 2.08. The number of hydrogen-bond acceptors (Lipinski definition) is 6. The van der Waals surface area contributed by atoms with Crippen LogP contribution in [0.4, 0.5) is 0 Å². The first-order chi connectivity index (χ1) is 7.61. The number of carbonyl (C=O) groups excluding carboxylic acids is 2. The molecule has 16 heavy (non-hydrogen) atoms. The summed E-state index contributed by atoms with van der Waals surface area (Å²) in [5.41, 5.74) is 0. The molecule has 6 nitrogen and oxygen atoms in total. The number of ether oxygens (including phenoxy) is 4. The quantitative estimate of drug-likeness (QED) is 0.501. The second kappa shape index (κ2) is 6.24. The van der Waals surface area contributed by atoms with Gasteiger partial charge in [-0.25, -0.2) is 9.59 Å². The Morgan fingerprint density at radius 2 is 2.25 bits per heavy atom. The summed E-state index contributed by atoms with van der Waals surface area (Å²) in [6, 6.07) is 0. The van der Waals surface area contributed by atoms with Gasteiger partial charge in [-0.1, -0.05) is 6.58 Å². The van der Waals surface area contributed by atoms with E-state index in [9.17, 15) is 9.59 Å². The summed E-state index contributed by atoms with van der Waals surface area (Å²) in [7, 11) is 0. The fraction of sp³-hybridized carbons (Fsp3) is 0.600. The topological polar surface area (TPSA) is 71.1 Å². The largest absolute Gasteiger partial charge is 0.451 e. The van der Waals surface area contributed by atoms with Crippen molar-refractivity contribution >= 4 is 11.9 Å². The molecule has 0 bridgehead atoms. The molecule has 1 aliphatic rings. The molecule has 1 heterocycles. The minimum atomic E-state index is -0.737. The Labute approximate surface area is 93.1 Å². The highest BCUT2D eigenvalue weighted by Gasteiger charge is 2.23. The van der Waals surface area contributed by atoms with Crippen LogP contribution in [0.25, 0.3) is 0 Å². The van der Waals surface area contributed by atoms with Gasteiger partial charge in [0.1, 0.15) is 6.61 Å². The van der Waals surface area contributed by atoms with E-state index in [0.717, 1.165) is 6.08 Å². The third-order valence-electron chi connectivity index (χ3n) is 1.75. The van der Waals surface area contributed by atoms with E-state index >= 15 is 0 Å². The predicted molar refractivity (Wildman–Crippen MR) is 52.4 cm³/mol. The van der Waals surface area contributed by atoms with Gasteiger partial charge in [0.2, 0.25) is 6.29 Å². The molecular weight excluding hydrogens is 216 g/mol. The van der Waals surface area contributed by atoms with Crippen molar-refractivity contribution in [2.75, 3.05) is 19.8 Å². The molecule has 1 fully saturated rings. The minimum absolute atomic E-state index is 0.123. The summed E-state index contributed by atoms with van der Waals surface area (Å²) in [4.78, 5) is 21.8. The van der Waals surface area contributed by atoms with Gasteiger partial charge in [-0.2, -0.15) is 0 Å². The smallest absolute Gasteiger partial charge is 0.346 e. The zero-order valence-corrected chi connectivity index (χ0v) is 9.01. The van der Waals surface area contributed by atoms with E-state index in [4.69, 9.17) is 14.2 Å². The van der Waals surface area contributed by atoms with Crippen LogP contribution in [-0.2, 0) is 28.5 Å². The summed E-state index contributed by atoms with van der Waals surface area (Å²) in [6.07, 6.45) is 0.108. The highest BCUT2D eigenvalue weighted by atomic mass is 16.7. The van der Waals surface area contributed by atoms with Crippen LogP contribution in [0, 0.1) is 0 Å². The molecule has 0 saturated carbocycles. The van der Waals surface area contributed by atoms with Crippen LogP contribution in [0.3, 0.4) is 0 Å². The van der Waals surface area contributed by atoms with Crippen LogP contribution < -0.4 is 0 Å². The van der Waals surface area contributed by atoms with Crippen LogP contribution in [0.1, 0.15) is 6.92 Å². The molecule has 6 heteroatoms. The van der Waals surface area contributed by atoms with Gasteiger partial charge in [0.25, 0.3) is 0 Å². The van der Waals surface area contributed by atoms with Crippen molar-refractivity contribution < 1.29 is 28.5 Å². The zero-order valence-electron chi connectivity index (χ0n) is 9.01. The van der Waals surface area contributed by atoms with Crippen molar-refractivity contribution in [2.24, 2.45) is 0 Å². The number of hydrogen-bond donors (Lipinski definition) is 0. The van der Waals surface area contributed by atoms with Gasteiger partial charge in [-0.05, 0) is 6.92 Å². The molecule has 0 aliphatic carbocycles. The van der Waals surface area contributed by atoms with Crippen LogP contribution in [0.2, 0.25) is 0 Å². The Kier molecular flexibility index (Phi) is 4.94. The summed E-state index contributed by atoms with van der Waals surface area (Å²) in [6.45, 7) is 5.19. The van der Waals surface area contributed by atoms with E-state index in [0.29, 0.717) is 6.61 Å². The highest BCUT2D eigenvalue weighted by molar-refractivity contribution is 5.83. The third-order valence-corrected chi connectivity index (χ3v) is 1.75. The van der Waals surface area contributed by atoms with E-state index in [1.165, 1.54) is 0 Å². The first-order valence-corrected chi connectivity index (χ1v) is 4.83. The Bertz CT molecular complexity index is 274. The molecule has 1 aliphatic heterocycles. The molecule has 0 aromatic carbocycles. The molecule has 90 valence electrons. The molecule has 1 rings (SSSR count). The molecule has 2 atom stereocenters. The van der Waals surface area contributed by atoms with Crippen molar-refractivity contribution in [2.45, 2.75) is 19.3 Å². The molecule has 0 aromatic heterocycles. The molecule has 0 radical (unpaired) electrons. The van der Waals surface area contributed by atoms with Gasteiger partial charge in [-0.15, -0.1) is 0 Å². The van der Waals surface area contributed by atoms with Crippen LogP contribution in [-0.4, -0.2) is 44.2 Å². The molecule has 1 saturated heterocycles. The maximum absolute atomic E-state index is 11.2. The first-order valence-electron chi connectivity index (χ1n) is 4.83. The zero-order chi connectivity index (χ0) is 12.0. The first kappa shape index (κ1) is 12.7. The lowest BCUT2D eigenvalue weighted by molar-refractivity contribution is -0.236. The van der Waals surface area contributed by atoms with E-state index in [-0.39, 0.29) is 12.7 Å². The second-order valence-corrected chi connectivity index (χ2v) is 3.22. The number of esters is 2. The van der Waals surface area contributed by atoms with Gasteiger partial charge in [0, 0.05) is 6.08 Å². The summed E-state index contributed by atoms with van der Waals surface area (Å²) in [5, 5.41) is 0. The van der Waals surface area contributed by atoms with Crippen molar-refractivity contribution in [1.29, 1.82) is 0 Å². The molecule has 0 amide bonds. The van der Waals surface area contributed by atoms with Gasteiger partial charge < -0.3 is 18.9 Å². The Morgan fingerprint density at radius 3 is 2.88 bits per heavy atom. The summed E-state index contributed by atoms with van der Waals surface area (Å²) in [5.74, 6) is -1.36. The summed E-state index contributed by atoms with van der Waals surface area (Å²) < 4.78 is 19.7. The van der Waals surface area contributed by atoms with Crippen LogP contribution >= 0.6 is 0 Å². The standard InChI is InChI=1S/C10H14O6/c1-3-8(11)14-5-9(12)16-10-6-13-4-7(2)15-10/h3,7,10H,1,4-6H2,2H3. The molecule has 0 N–H and O–H groups in total. The van der Waals surface area contributed by atoms with Gasteiger partial charge >= 0.3 is 11.9 Å². The van der Waals surface area contributed by atoms with Crippen LogP contribution in [0.5, 0.6) is 0 Å². The van der Waals surface area contributed by atoms with Gasteiger partial charge in [0.15, 0.2) is 6.61 Å². The molecule has 0 aromatic rings. The van der Waals surface area contributed by atoms with Gasteiger partial charge in [0.05, 0.1) is 12.7 Å². The Hall–Kier alpha value is -1.40. The minimum Gasteiger partial charge on any atom is -0.451 e. The van der Waals surface area contributed by atoms with E-state index in [1.807, 2.05) is 0 Å². The molecule has 0 spiro atoms.